The highest BCUT2D eigenvalue weighted by molar-refractivity contribution is 7.17. The molecule has 5 aromatic rings. The summed E-state index contributed by atoms with van der Waals surface area (Å²) in [4.78, 5) is 30.4. The van der Waals surface area contributed by atoms with Crippen molar-refractivity contribution < 1.29 is 9.59 Å². The van der Waals surface area contributed by atoms with E-state index in [-0.39, 0.29) is 23.4 Å². The number of nitrogens with zero attached hydrogens (tertiary/aromatic N) is 3. The third kappa shape index (κ3) is 3.18. The van der Waals surface area contributed by atoms with Crippen LogP contribution in [-0.2, 0) is 10.3 Å². The molecule has 9 heteroatoms. The fraction of sp³-hybridized carbons (Fsp3) is 0.167. The number of anilines is 2. The summed E-state index contributed by atoms with van der Waals surface area (Å²) < 4.78 is 2.98. The molecule has 1 spiro atoms. The van der Waals surface area contributed by atoms with Gasteiger partial charge in [-0.05, 0) is 48.7 Å². The van der Waals surface area contributed by atoms with Crippen LogP contribution in [0.25, 0.3) is 15.8 Å². The Labute approximate surface area is 238 Å². The lowest BCUT2D eigenvalue weighted by Gasteiger charge is -2.36. The SMILES string of the molecule is Cc1ccc(Cl)cc1N1C(=O)c2nn(-c3csc4ccccc34)c(C(C)C)c2C12C(=O)Nc1cc(Cl)ccc12. The van der Waals surface area contributed by atoms with Crippen molar-refractivity contribution in [1.29, 1.82) is 0 Å². The van der Waals surface area contributed by atoms with Gasteiger partial charge in [-0.25, -0.2) is 4.68 Å². The molecule has 3 aromatic carbocycles. The average Bonchev–Trinajstić information content (AvgIpc) is 3.62. The van der Waals surface area contributed by atoms with Crippen molar-refractivity contribution in [2.75, 3.05) is 10.2 Å². The van der Waals surface area contributed by atoms with Crippen LogP contribution >= 0.6 is 34.5 Å². The lowest BCUT2D eigenvalue weighted by molar-refractivity contribution is -0.119. The molecule has 1 atom stereocenters. The van der Waals surface area contributed by atoms with Crippen LogP contribution in [0.4, 0.5) is 11.4 Å². The second-order valence-corrected chi connectivity index (χ2v) is 12.0. The van der Waals surface area contributed by atoms with E-state index in [1.807, 2.05) is 35.9 Å². The number of hydrogen-bond donors (Lipinski definition) is 1. The first-order valence-corrected chi connectivity index (χ1v) is 14.2. The van der Waals surface area contributed by atoms with Crippen LogP contribution in [0.2, 0.25) is 10.0 Å². The van der Waals surface area contributed by atoms with Crippen LogP contribution in [-0.4, -0.2) is 21.6 Å². The molecule has 0 bridgehead atoms. The Morgan fingerprint density at radius 1 is 0.974 bits per heavy atom. The maximum Gasteiger partial charge on any atom is 0.280 e. The molecule has 4 heterocycles. The van der Waals surface area contributed by atoms with Gasteiger partial charge in [0.2, 0.25) is 0 Å². The number of nitrogens with one attached hydrogen (secondary N) is 1. The van der Waals surface area contributed by atoms with Gasteiger partial charge < -0.3 is 5.32 Å². The number of amides is 2. The van der Waals surface area contributed by atoms with E-state index in [4.69, 9.17) is 28.3 Å². The molecule has 39 heavy (non-hydrogen) atoms. The van der Waals surface area contributed by atoms with Crippen molar-refractivity contribution >= 4 is 67.8 Å². The van der Waals surface area contributed by atoms with Gasteiger partial charge in [0, 0.05) is 42.3 Å². The topological polar surface area (TPSA) is 67.2 Å². The maximum atomic E-state index is 14.5. The summed E-state index contributed by atoms with van der Waals surface area (Å²) in [5.74, 6) is -0.745. The van der Waals surface area contributed by atoms with Crippen molar-refractivity contribution in [2.24, 2.45) is 0 Å². The largest absolute Gasteiger partial charge is 0.323 e. The summed E-state index contributed by atoms with van der Waals surface area (Å²) >= 11 is 14.4. The lowest BCUT2D eigenvalue weighted by Crippen LogP contribution is -2.51. The van der Waals surface area contributed by atoms with Gasteiger partial charge in [-0.1, -0.05) is 67.4 Å². The molecule has 7 rings (SSSR count). The number of fused-ring (bicyclic) bond motifs is 5. The first-order chi connectivity index (χ1) is 18.7. The van der Waals surface area contributed by atoms with Gasteiger partial charge in [0.25, 0.3) is 11.8 Å². The molecule has 2 amide bonds. The van der Waals surface area contributed by atoms with E-state index in [2.05, 4.69) is 36.7 Å². The Morgan fingerprint density at radius 3 is 2.51 bits per heavy atom. The Morgan fingerprint density at radius 2 is 1.72 bits per heavy atom. The Kier molecular flexibility index (Phi) is 5.27. The standard InChI is InChI=1S/C30H22Cl2N4O2S/c1-15(2)27-25-26(34-36(27)23-14-39-24-7-5-4-6-19(23)24)28(37)35(22-13-18(32)9-8-16(22)3)30(25)20-11-10-17(31)12-21(20)33-29(30)38/h4-15H,1-3H3,(H,33,38). The van der Waals surface area contributed by atoms with E-state index in [9.17, 15) is 9.59 Å². The van der Waals surface area contributed by atoms with Crippen molar-refractivity contribution in [2.45, 2.75) is 32.2 Å². The maximum absolute atomic E-state index is 14.5. The fourth-order valence-electron chi connectivity index (χ4n) is 6.01. The van der Waals surface area contributed by atoms with Gasteiger partial charge >= 0.3 is 0 Å². The van der Waals surface area contributed by atoms with Crippen LogP contribution in [0.15, 0.2) is 66.0 Å². The smallest absolute Gasteiger partial charge is 0.280 e. The van der Waals surface area contributed by atoms with Crippen molar-refractivity contribution in [3.8, 4) is 5.69 Å². The minimum absolute atomic E-state index is 0.0610. The highest BCUT2D eigenvalue weighted by Crippen LogP contribution is 2.55. The third-order valence-electron chi connectivity index (χ3n) is 7.62. The van der Waals surface area contributed by atoms with E-state index in [1.165, 1.54) is 0 Å². The first kappa shape index (κ1) is 24.4. The van der Waals surface area contributed by atoms with Gasteiger partial charge in [0.15, 0.2) is 11.2 Å². The van der Waals surface area contributed by atoms with E-state index in [0.29, 0.717) is 32.5 Å². The molecule has 2 aliphatic heterocycles. The summed E-state index contributed by atoms with van der Waals surface area (Å²) in [7, 11) is 0. The molecule has 1 unspecified atom stereocenters. The molecular formula is C30H22Cl2N4O2S. The predicted molar refractivity (Wildman–Crippen MR) is 157 cm³/mol. The highest BCUT2D eigenvalue weighted by atomic mass is 35.5. The number of halogens is 2. The molecule has 0 saturated carbocycles. The molecular weight excluding hydrogens is 551 g/mol. The third-order valence-corrected chi connectivity index (χ3v) is 9.04. The second-order valence-electron chi connectivity index (χ2n) is 10.2. The van der Waals surface area contributed by atoms with E-state index >= 15 is 0 Å². The van der Waals surface area contributed by atoms with Crippen molar-refractivity contribution in [3.05, 3.63) is 104 Å². The predicted octanol–water partition coefficient (Wildman–Crippen LogP) is 7.68. The molecule has 194 valence electrons. The number of carbonyl (C=O) groups is 2. The molecule has 1 N–H and O–H groups in total. The van der Waals surface area contributed by atoms with E-state index in [0.717, 1.165) is 27.0 Å². The minimum Gasteiger partial charge on any atom is -0.323 e. The summed E-state index contributed by atoms with van der Waals surface area (Å²) in [5, 5.41) is 12.0. The van der Waals surface area contributed by atoms with Crippen LogP contribution in [0.1, 0.15) is 52.6 Å². The number of aromatic nitrogens is 2. The van der Waals surface area contributed by atoms with Gasteiger partial charge in [-0.2, -0.15) is 5.10 Å². The van der Waals surface area contributed by atoms with Crippen LogP contribution in [0.3, 0.4) is 0 Å². The summed E-state index contributed by atoms with van der Waals surface area (Å²) in [6, 6.07) is 18.8. The number of thiophene rings is 1. The Balaban J connectivity index is 1.61. The molecule has 0 saturated heterocycles. The zero-order valence-electron chi connectivity index (χ0n) is 21.3. The summed E-state index contributed by atoms with van der Waals surface area (Å²) in [5.41, 5.74) is 3.66. The summed E-state index contributed by atoms with van der Waals surface area (Å²) in [6.07, 6.45) is 0. The van der Waals surface area contributed by atoms with Gasteiger partial charge in [-0.3, -0.25) is 14.5 Å². The second kappa shape index (κ2) is 8.42. The Bertz CT molecular complexity index is 1870. The molecule has 0 radical (unpaired) electrons. The molecule has 2 aliphatic rings. The zero-order valence-corrected chi connectivity index (χ0v) is 23.6. The minimum atomic E-state index is -1.48. The number of carbonyl (C=O) groups excluding carboxylic acids is 2. The van der Waals surface area contributed by atoms with Crippen LogP contribution < -0.4 is 10.2 Å². The average molecular weight is 574 g/mol. The first-order valence-electron chi connectivity index (χ1n) is 12.6. The lowest BCUT2D eigenvalue weighted by atomic mass is 9.81. The number of hydrogen-bond acceptors (Lipinski definition) is 4. The fourth-order valence-corrected chi connectivity index (χ4v) is 7.27. The quantitative estimate of drug-likeness (QED) is 0.241. The number of aryl methyl sites for hydroxylation is 1. The van der Waals surface area contributed by atoms with Gasteiger partial charge in [0.05, 0.1) is 17.1 Å². The highest BCUT2D eigenvalue weighted by Gasteiger charge is 2.64. The normalized spacial score (nSPS) is 17.9. The van der Waals surface area contributed by atoms with E-state index in [1.54, 1.807) is 40.5 Å². The van der Waals surface area contributed by atoms with Crippen LogP contribution in [0, 0.1) is 6.92 Å². The number of rotatable bonds is 3. The van der Waals surface area contributed by atoms with E-state index < -0.39 is 5.54 Å². The zero-order chi connectivity index (χ0) is 27.2. The number of benzene rings is 3. The van der Waals surface area contributed by atoms with Crippen LogP contribution in [0.5, 0.6) is 0 Å². The molecule has 2 aromatic heterocycles. The van der Waals surface area contributed by atoms with Crippen molar-refractivity contribution in [3.63, 3.8) is 0 Å². The van der Waals surface area contributed by atoms with Gasteiger partial charge in [-0.15, -0.1) is 11.3 Å². The molecule has 6 nitrogen and oxygen atoms in total. The van der Waals surface area contributed by atoms with Crippen molar-refractivity contribution in [1.82, 2.24) is 9.78 Å². The van der Waals surface area contributed by atoms with Gasteiger partial charge in [0.1, 0.15) is 0 Å². The monoisotopic (exact) mass is 572 g/mol. The molecule has 0 aliphatic carbocycles. The molecule has 0 fully saturated rings. The Hall–Kier alpha value is -3.65. The summed E-state index contributed by atoms with van der Waals surface area (Å²) in [6.45, 7) is 6.02.